The zero-order valence-corrected chi connectivity index (χ0v) is 20.2. The Hall–Kier alpha value is -2.94. The Labute approximate surface area is 204 Å². The van der Waals surface area contributed by atoms with Crippen LogP contribution < -0.4 is 9.47 Å². The van der Waals surface area contributed by atoms with Gasteiger partial charge in [-0.25, -0.2) is 9.79 Å². The predicted molar refractivity (Wildman–Crippen MR) is 130 cm³/mol. The zero-order valence-electron chi connectivity index (χ0n) is 17.8. The first-order valence-corrected chi connectivity index (χ1v) is 11.2. The molecule has 3 rings (SSSR count). The first-order valence-electron chi connectivity index (χ1n) is 9.60. The van der Waals surface area contributed by atoms with E-state index >= 15 is 0 Å². The van der Waals surface area contributed by atoms with E-state index in [1.165, 1.54) is 20.3 Å². The molecule has 2 aromatic rings. The van der Waals surface area contributed by atoms with Gasteiger partial charge < -0.3 is 19.3 Å². The number of ether oxygens (including phenoxy) is 3. The fourth-order valence-electron chi connectivity index (χ4n) is 2.90. The van der Waals surface area contributed by atoms with E-state index in [2.05, 4.69) is 4.99 Å². The monoisotopic (exact) mass is 507 g/mol. The summed E-state index contributed by atoms with van der Waals surface area (Å²) in [4.78, 5) is 29.5. The van der Waals surface area contributed by atoms with Gasteiger partial charge in [-0.05, 0) is 36.8 Å². The number of hydrogen-bond acceptors (Lipinski definition) is 7. The molecule has 0 unspecified atom stereocenters. The van der Waals surface area contributed by atoms with Gasteiger partial charge in [-0.15, -0.1) is 0 Å². The SMILES string of the molecule is CCOC(=O)C1=C(O)/C(=C/c2cc(OC)c(OC)cc2Cl)SC1=NC(=O)c1ccccc1Cl. The fraction of sp³-hybridized carbons (Fsp3) is 0.174. The predicted octanol–water partition coefficient (Wildman–Crippen LogP) is 5.71. The number of esters is 1. The highest BCUT2D eigenvalue weighted by molar-refractivity contribution is 8.18. The van der Waals surface area contributed by atoms with E-state index in [-0.39, 0.29) is 38.5 Å². The third-order valence-corrected chi connectivity index (χ3v) is 6.14. The van der Waals surface area contributed by atoms with E-state index in [1.54, 1.807) is 43.3 Å². The molecule has 0 saturated heterocycles. The van der Waals surface area contributed by atoms with Crippen LogP contribution in [-0.2, 0) is 9.53 Å². The molecule has 0 saturated carbocycles. The van der Waals surface area contributed by atoms with Crippen molar-refractivity contribution in [3.63, 3.8) is 0 Å². The molecule has 1 aliphatic rings. The highest BCUT2D eigenvalue weighted by Gasteiger charge is 2.34. The minimum Gasteiger partial charge on any atom is -0.506 e. The van der Waals surface area contributed by atoms with Crippen LogP contribution in [0.3, 0.4) is 0 Å². The molecule has 1 heterocycles. The van der Waals surface area contributed by atoms with E-state index in [9.17, 15) is 14.7 Å². The van der Waals surface area contributed by atoms with Crippen molar-refractivity contribution in [1.82, 2.24) is 0 Å². The second-order valence-electron chi connectivity index (χ2n) is 6.49. The number of thioether (sulfide) groups is 1. The third-order valence-electron chi connectivity index (χ3n) is 4.47. The van der Waals surface area contributed by atoms with Gasteiger partial charge in [-0.2, -0.15) is 0 Å². The van der Waals surface area contributed by atoms with Crippen LogP contribution in [0.25, 0.3) is 6.08 Å². The number of nitrogens with zero attached hydrogens (tertiary/aromatic N) is 1. The highest BCUT2D eigenvalue weighted by Crippen LogP contribution is 2.41. The van der Waals surface area contributed by atoms with Crippen LogP contribution in [0, 0.1) is 0 Å². The molecule has 0 aliphatic carbocycles. The lowest BCUT2D eigenvalue weighted by atomic mass is 10.1. The molecule has 0 aromatic heterocycles. The Bertz CT molecular complexity index is 1210. The topological polar surface area (TPSA) is 94.4 Å². The molecular formula is C23H19Cl2NO6S. The average molecular weight is 508 g/mol. The quantitative estimate of drug-likeness (QED) is 0.500. The maximum atomic E-state index is 12.7. The van der Waals surface area contributed by atoms with Crippen LogP contribution in [0.2, 0.25) is 10.0 Å². The first kappa shape index (κ1) is 24.7. The number of carbonyl (C=O) groups is 2. The van der Waals surface area contributed by atoms with Crippen LogP contribution in [-0.4, -0.2) is 42.9 Å². The number of aliphatic hydroxyl groups is 1. The van der Waals surface area contributed by atoms with Crippen molar-refractivity contribution in [1.29, 1.82) is 0 Å². The van der Waals surface area contributed by atoms with Crippen LogP contribution in [0.5, 0.6) is 11.5 Å². The number of aliphatic imine (C=N–C) groups is 1. The Morgan fingerprint density at radius 3 is 2.39 bits per heavy atom. The minimum absolute atomic E-state index is 0.0151. The largest absolute Gasteiger partial charge is 0.506 e. The summed E-state index contributed by atoms with van der Waals surface area (Å²) in [5.41, 5.74) is 0.436. The summed E-state index contributed by atoms with van der Waals surface area (Å²) in [6.07, 6.45) is 1.55. The lowest BCUT2D eigenvalue weighted by molar-refractivity contribution is -0.138. The van der Waals surface area contributed by atoms with Gasteiger partial charge in [-0.1, -0.05) is 47.1 Å². The lowest BCUT2D eigenvalue weighted by Gasteiger charge is -2.10. The molecule has 0 atom stereocenters. The molecule has 33 heavy (non-hydrogen) atoms. The molecule has 2 aromatic carbocycles. The van der Waals surface area contributed by atoms with Crippen LogP contribution in [0.1, 0.15) is 22.8 Å². The van der Waals surface area contributed by atoms with Gasteiger partial charge in [0.1, 0.15) is 16.4 Å². The van der Waals surface area contributed by atoms with Crippen molar-refractivity contribution in [3.8, 4) is 11.5 Å². The lowest BCUT2D eigenvalue weighted by Crippen LogP contribution is -2.14. The summed E-state index contributed by atoms with van der Waals surface area (Å²) >= 11 is 13.4. The standard InChI is InChI=1S/C23H19Cl2NO6S/c1-4-32-23(29)19-20(27)18(10-12-9-16(30-2)17(31-3)11-15(12)25)33-22(19)26-21(28)13-7-5-6-8-14(13)24/h5-11,27H,4H2,1-3H3/b18-10-,26-22?. The first-order chi connectivity index (χ1) is 15.8. The van der Waals surface area contributed by atoms with Gasteiger partial charge in [0.25, 0.3) is 5.91 Å². The van der Waals surface area contributed by atoms with Gasteiger partial charge in [-0.3, -0.25) is 4.79 Å². The molecule has 7 nitrogen and oxygen atoms in total. The minimum atomic E-state index is -0.810. The molecule has 0 radical (unpaired) electrons. The number of methoxy groups -OCH3 is 2. The number of carbonyl (C=O) groups excluding carboxylic acids is 2. The fourth-order valence-corrected chi connectivity index (χ4v) is 4.33. The number of halogens is 2. The molecule has 0 bridgehead atoms. The molecule has 172 valence electrons. The summed E-state index contributed by atoms with van der Waals surface area (Å²) in [6.45, 7) is 1.70. The maximum Gasteiger partial charge on any atom is 0.344 e. The Morgan fingerprint density at radius 1 is 1.09 bits per heavy atom. The van der Waals surface area contributed by atoms with Crippen molar-refractivity contribution in [2.45, 2.75) is 6.92 Å². The molecule has 1 aliphatic heterocycles. The van der Waals surface area contributed by atoms with E-state index < -0.39 is 11.9 Å². The van der Waals surface area contributed by atoms with Gasteiger partial charge in [0.2, 0.25) is 0 Å². The van der Waals surface area contributed by atoms with Crippen molar-refractivity contribution < 1.29 is 28.9 Å². The molecule has 1 amide bonds. The summed E-state index contributed by atoms with van der Waals surface area (Å²) in [5.74, 6) is -0.995. The Morgan fingerprint density at radius 2 is 1.76 bits per heavy atom. The Balaban J connectivity index is 2.08. The van der Waals surface area contributed by atoms with Crippen molar-refractivity contribution >= 4 is 58.0 Å². The van der Waals surface area contributed by atoms with Crippen LogP contribution in [0.4, 0.5) is 0 Å². The molecular weight excluding hydrogens is 489 g/mol. The number of hydrogen-bond donors (Lipinski definition) is 1. The maximum absolute atomic E-state index is 12.7. The van der Waals surface area contributed by atoms with Gasteiger partial charge in [0.15, 0.2) is 11.5 Å². The van der Waals surface area contributed by atoms with Crippen molar-refractivity contribution in [3.05, 3.63) is 73.8 Å². The smallest absolute Gasteiger partial charge is 0.344 e. The number of amides is 1. The van der Waals surface area contributed by atoms with E-state index in [1.807, 2.05) is 0 Å². The number of aliphatic hydroxyl groups excluding tert-OH is 1. The van der Waals surface area contributed by atoms with Gasteiger partial charge >= 0.3 is 5.97 Å². The summed E-state index contributed by atoms with van der Waals surface area (Å²) in [5, 5.41) is 11.3. The molecule has 10 heteroatoms. The Kier molecular flexibility index (Phi) is 8.07. The van der Waals surface area contributed by atoms with Crippen LogP contribution in [0.15, 0.2) is 57.6 Å². The van der Waals surface area contributed by atoms with Crippen LogP contribution >= 0.6 is 35.0 Å². The third kappa shape index (κ3) is 5.35. The van der Waals surface area contributed by atoms with E-state index in [4.69, 9.17) is 37.4 Å². The van der Waals surface area contributed by atoms with Gasteiger partial charge in [0, 0.05) is 6.07 Å². The summed E-state index contributed by atoms with van der Waals surface area (Å²) in [6, 6.07) is 9.58. The molecule has 1 N–H and O–H groups in total. The highest BCUT2D eigenvalue weighted by atomic mass is 35.5. The summed E-state index contributed by atoms with van der Waals surface area (Å²) in [7, 11) is 2.96. The molecule has 0 spiro atoms. The van der Waals surface area contributed by atoms with E-state index in [0.29, 0.717) is 22.1 Å². The number of rotatable bonds is 6. The second kappa shape index (κ2) is 10.8. The van der Waals surface area contributed by atoms with E-state index in [0.717, 1.165) is 11.8 Å². The van der Waals surface area contributed by atoms with Gasteiger partial charge in [0.05, 0.1) is 41.3 Å². The normalized spacial score (nSPS) is 15.8. The average Bonchev–Trinajstić information content (AvgIpc) is 3.09. The van der Waals surface area contributed by atoms with Crippen molar-refractivity contribution in [2.75, 3.05) is 20.8 Å². The number of benzene rings is 2. The van der Waals surface area contributed by atoms with Crippen molar-refractivity contribution in [2.24, 2.45) is 4.99 Å². The summed E-state index contributed by atoms with van der Waals surface area (Å²) < 4.78 is 15.6. The molecule has 0 fully saturated rings. The second-order valence-corrected chi connectivity index (χ2v) is 8.33. The zero-order chi connectivity index (χ0) is 24.1.